The molecule has 1 aliphatic heterocycles. The van der Waals surface area contributed by atoms with E-state index in [9.17, 15) is 4.79 Å². The summed E-state index contributed by atoms with van der Waals surface area (Å²) < 4.78 is 0. The van der Waals surface area contributed by atoms with E-state index >= 15 is 0 Å². The van der Waals surface area contributed by atoms with Gasteiger partial charge in [0, 0.05) is 19.0 Å². The van der Waals surface area contributed by atoms with Crippen LogP contribution in [0.2, 0.25) is 5.02 Å². The molecule has 0 aliphatic carbocycles. The predicted octanol–water partition coefficient (Wildman–Crippen LogP) is 1.42. The van der Waals surface area contributed by atoms with Crippen LogP contribution in [0.25, 0.3) is 0 Å². The van der Waals surface area contributed by atoms with Gasteiger partial charge in [0.1, 0.15) is 0 Å². The van der Waals surface area contributed by atoms with E-state index in [0.717, 1.165) is 5.06 Å². The third-order valence-electron chi connectivity index (χ3n) is 2.74. The van der Waals surface area contributed by atoms with E-state index in [4.69, 9.17) is 31.9 Å². The third kappa shape index (κ3) is 2.10. The summed E-state index contributed by atoms with van der Waals surface area (Å²) in [6.07, 6.45) is 0.540. The number of carbonyl (C=O) groups excluding carboxylic acids is 1. The molecule has 0 fully saturated rings. The third-order valence-corrected chi connectivity index (χ3v) is 3.05. The first-order valence-corrected chi connectivity index (χ1v) is 5.66. The summed E-state index contributed by atoms with van der Waals surface area (Å²) in [6.45, 7) is 0.366. The lowest BCUT2D eigenvalue weighted by atomic mass is 10.0. The Morgan fingerprint density at radius 2 is 2.33 bits per heavy atom. The highest BCUT2D eigenvalue weighted by molar-refractivity contribution is 6.33. The number of hydroxylamine groups is 2. The van der Waals surface area contributed by atoms with Crippen molar-refractivity contribution in [1.82, 2.24) is 5.06 Å². The van der Waals surface area contributed by atoms with Crippen LogP contribution in [-0.2, 0) is 16.1 Å². The normalized spacial score (nSPS) is 13.7. The Morgan fingerprint density at radius 1 is 1.61 bits per heavy atom. The molecule has 98 valence electrons. The SMILES string of the molecule is CON(C)C(=O)c1cc(Cl)c(N)c2c1OOCC2. The molecule has 0 aromatic heterocycles. The minimum absolute atomic E-state index is 0.258. The summed E-state index contributed by atoms with van der Waals surface area (Å²) in [6, 6.07) is 1.45. The van der Waals surface area contributed by atoms with Crippen LogP contribution in [0.4, 0.5) is 5.69 Å². The summed E-state index contributed by atoms with van der Waals surface area (Å²) in [5.74, 6) is -0.0850. The monoisotopic (exact) mass is 272 g/mol. The molecule has 1 amide bonds. The number of benzene rings is 1. The second-order valence-electron chi connectivity index (χ2n) is 3.77. The number of nitrogens with zero attached hydrogens (tertiary/aromatic N) is 1. The highest BCUT2D eigenvalue weighted by Gasteiger charge is 2.26. The first kappa shape index (κ1) is 12.9. The van der Waals surface area contributed by atoms with Crippen molar-refractivity contribution < 1.29 is 19.4 Å². The number of nitrogens with two attached hydrogens (primary N) is 1. The lowest BCUT2D eigenvalue weighted by Crippen LogP contribution is -2.27. The van der Waals surface area contributed by atoms with Crippen LogP contribution in [-0.4, -0.2) is 31.7 Å². The van der Waals surface area contributed by atoms with E-state index in [0.29, 0.717) is 35.1 Å². The first-order chi connectivity index (χ1) is 8.56. The number of carbonyl (C=O) groups is 1. The minimum Gasteiger partial charge on any atom is -0.397 e. The zero-order valence-electron chi connectivity index (χ0n) is 10.0. The van der Waals surface area contributed by atoms with E-state index in [-0.39, 0.29) is 11.5 Å². The second kappa shape index (κ2) is 5.01. The Morgan fingerprint density at radius 3 is 3.00 bits per heavy atom. The minimum atomic E-state index is -0.388. The summed E-state index contributed by atoms with van der Waals surface area (Å²) in [5, 5.41) is 1.38. The average Bonchev–Trinajstić information content (AvgIpc) is 2.41. The number of hydrogen-bond acceptors (Lipinski definition) is 5. The number of rotatable bonds is 2. The molecule has 6 nitrogen and oxygen atoms in total. The fraction of sp³-hybridized carbons (Fsp3) is 0.364. The molecule has 0 saturated heterocycles. The van der Waals surface area contributed by atoms with Crippen LogP contribution in [0.5, 0.6) is 5.75 Å². The number of fused-ring (bicyclic) bond motifs is 1. The zero-order chi connectivity index (χ0) is 13.3. The molecule has 2 N–H and O–H groups in total. The Labute approximate surface area is 109 Å². The molecular formula is C11H13ClN2O4. The van der Waals surface area contributed by atoms with Crippen molar-refractivity contribution in [2.75, 3.05) is 26.5 Å². The molecular weight excluding hydrogens is 260 g/mol. The Balaban J connectivity index is 2.54. The Bertz CT molecular complexity index is 492. The van der Waals surface area contributed by atoms with Gasteiger partial charge in [0.2, 0.25) is 0 Å². The number of hydrogen-bond donors (Lipinski definition) is 1. The van der Waals surface area contributed by atoms with Crippen molar-refractivity contribution >= 4 is 23.2 Å². The van der Waals surface area contributed by atoms with E-state index in [1.54, 1.807) is 0 Å². The smallest absolute Gasteiger partial charge is 0.281 e. The maximum atomic E-state index is 12.1. The molecule has 2 rings (SSSR count). The van der Waals surface area contributed by atoms with Crippen molar-refractivity contribution in [1.29, 1.82) is 0 Å². The van der Waals surface area contributed by atoms with Gasteiger partial charge in [0.15, 0.2) is 5.75 Å². The van der Waals surface area contributed by atoms with Gasteiger partial charge in [-0.05, 0) is 6.07 Å². The van der Waals surface area contributed by atoms with E-state index < -0.39 is 0 Å². The van der Waals surface area contributed by atoms with Crippen LogP contribution >= 0.6 is 11.6 Å². The average molecular weight is 273 g/mol. The molecule has 18 heavy (non-hydrogen) atoms. The molecule has 1 aliphatic rings. The van der Waals surface area contributed by atoms with Crippen molar-refractivity contribution in [3.8, 4) is 5.75 Å². The highest BCUT2D eigenvalue weighted by Crippen LogP contribution is 2.37. The van der Waals surface area contributed by atoms with Gasteiger partial charge < -0.3 is 10.6 Å². The van der Waals surface area contributed by atoms with Gasteiger partial charge in [-0.25, -0.2) is 5.06 Å². The summed E-state index contributed by atoms with van der Waals surface area (Å²) in [7, 11) is 2.88. The number of anilines is 1. The highest BCUT2D eigenvalue weighted by atomic mass is 35.5. The molecule has 0 saturated carbocycles. The van der Waals surface area contributed by atoms with E-state index in [2.05, 4.69) is 0 Å². The van der Waals surface area contributed by atoms with Gasteiger partial charge in [-0.2, -0.15) is 4.89 Å². The fourth-order valence-electron chi connectivity index (χ4n) is 1.70. The number of amides is 1. The molecule has 1 heterocycles. The molecule has 0 unspecified atom stereocenters. The van der Waals surface area contributed by atoms with Gasteiger partial charge in [0.05, 0.1) is 30.0 Å². The topological polar surface area (TPSA) is 74.0 Å². The van der Waals surface area contributed by atoms with Gasteiger partial charge in [-0.1, -0.05) is 11.6 Å². The maximum absolute atomic E-state index is 12.1. The van der Waals surface area contributed by atoms with Gasteiger partial charge >= 0.3 is 0 Å². The van der Waals surface area contributed by atoms with Crippen molar-refractivity contribution in [2.45, 2.75) is 6.42 Å². The van der Waals surface area contributed by atoms with Crippen LogP contribution in [0.3, 0.4) is 0 Å². The summed E-state index contributed by atoms with van der Waals surface area (Å²) in [5.41, 5.74) is 7.21. The van der Waals surface area contributed by atoms with E-state index in [1.807, 2.05) is 0 Å². The number of nitrogen functional groups attached to an aromatic ring is 1. The molecule has 1 aromatic carbocycles. The molecule has 0 atom stereocenters. The quantitative estimate of drug-likeness (QED) is 0.501. The van der Waals surface area contributed by atoms with Crippen molar-refractivity contribution in [2.24, 2.45) is 0 Å². The Kier molecular flexibility index (Phi) is 3.60. The summed E-state index contributed by atoms with van der Waals surface area (Å²) in [4.78, 5) is 26.9. The lowest BCUT2D eigenvalue weighted by Gasteiger charge is -2.22. The van der Waals surface area contributed by atoms with E-state index in [1.165, 1.54) is 20.2 Å². The lowest BCUT2D eigenvalue weighted by molar-refractivity contribution is -0.215. The van der Waals surface area contributed by atoms with Crippen molar-refractivity contribution in [3.63, 3.8) is 0 Å². The van der Waals surface area contributed by atoms with Gasteiger partial charge in [0.25, 0.3) is 5.91 Å². The number of halogens is 1. The first-order valence-electron chi connectivity index (χ1n) is 5.28. The van der Waals surface area contributed by atoms with Crippen LogP contribution in [0, 0.1) is 0 Å². The summed E-state index contributed by atoms with van der Waals surface area (Å²) >= 11 is 6.01. The van der Waals surface area contributed by atoms with Crippen molar-refractivity contribution in [3.05, 3.63) is 22.2 Å². The largest absolute Gasteiger partial charge is 0.397 e. The molecule has 0 spiro atoms. The molecule has 0 bridgehead atoms. The fourth-order valence-corrected chi connectivity index (χ4v) is 1.92. The zero-order valence-corrected chi connectivity index (χ0v) is 10.8. The standard InChI is InChI=1S/C11H13ClN2O4/c1-14(16-2)11(15)7-5-8(12)9(13)6-3-4-17-18-10(6)7/h5H,3-4,13H2,1-2H3. The van der Waals surface area contributed by atoms with Crippen LogP contribution in [0.15, 0.2) is 6.07 Å². The predicted molar refractivity (Wildman–Crippen MR) is 65.3 cm³/mol. The molecule has 0 radical (unpaired) electrons. The van der Waals surface area contributed by atoms with Gasteiger partial charge in [-0.15, -0.1) is 0 Å². The van der Waals surface area contributed by atoms with Crippen LogP contribution < -0.4 is 10.6 Å². The molecule has 7 heteroatoms. The molecule has 1 aromatic rings. The van der Waals surface area contributed by atoms with Gasteiger partial charge in [-0.3, -0.25) is 9.63 Å². The van der Waals surface area contributed by atoms with Crippen LogP contribution in [0.1, 0.15) is 15.9 Å². The Hall–Kier alpha value is -1.50. The second-order valence-corrected chi connectivity index (χ2v) is 4.18. The maximum Gasteiger partial charge on any atom is 0.281 e.